The van der Waals surface area contributed by atoms with Gasteiger partial charge in [0.25, 0.3) is 5.67 Å². The van der Waals surface area contributed by atoms with Crippen molar-refractivity contribution in [2.24, 2.45) is 0 Å². The zero-order chi connectivity index (χ0) is 20.0. The predicted molar refractivity (Wildman–Crippen MR) is 106 cm³/mol. The highest BCUT2D eigenvalue weighted by atomic mass is 35.5. The molecule has 0 heterocycles. The van der Waals surface area contributed by atoms with Gasteiger partial charge in [0.15, 0.2) is 5.78 Å². The van der Waals surface area contributed by atoms with Crippen LogP contribution in [0.2, 0.25) is 10.0 Å². The Bertz CT molecular complexity index is 832. The second-order valence-corrected chi connectivity index (χ2v) is 6.80. The SMILES string of the molecule is CCOC(=O)C(F)(C(C)=O)C(/C=C/c1ccc(Cl)cc1)c1ccc(Cl)cc1. The summed E-state index contributed by atoms with van der Waals surface area (Å²) in [5.41, 5.74) is -1.68. The first kappa shape index (κ1) is 21.1. The molecule has 2 rings (SSSR count). The van der Waals surface area contributed by atoms with E-state index in [-0.39, 0.29) is 6.61 Å². The summed E-state index contributed by atoms with van der Waals surface area (Å²) >= 11 is 11.8. The molecule has 2 aromatic carbocycles. The molecule has 2 aromatic rings. The fourth-order valence-corrected chi connectivity index (χ4v) is 2.90. The van der Waals surface area contributed by atoms with Crippen molar-refractivity contribution in [2.45, 2.75) is 25.4 Å². The molecule has 0 aliphatic carbocycles. The van der Waals surface area contributed by atoms with Gasteiger partial charge < -0.3 is 4.74 Å². The number of ketones is 1. The molecule has 3 nitrogen and oxygen atoms in total. The Morgan fingerprint density at radius 2 is 1.59 bits per heavy atom. The molecule has 0 amide bonds. The highest BCUT2D eigenvalue weighted by Crippen LogP contribution is 2.36. The van der Waals surface area contributed by atoms with Crippen LogP contribution in [0.3, 0.4) is 0 Å². The van der Waals surface area contributed by atoms with Gasteiger partial charge >= 0.3 is 5.97 Å². The van der Waals surface area contributed by atoms with Crippen molar-refractivity contribution in [2.75, 3.05) is 6.61 Å². The number of carbonyl (C=O) groups excluding carboxylic acids is 2. The van der Waals surface area contributed by atoms with Crippen LogP contribution in [0.4, 0.5) is 4.39 Å². The summed E-state index contributed by atoms with van der Waals surface area (Å²) in [6.07, 6.45) is 3.11. The summed E-state index contributed by atoms with van der Waals surface area (Å²) in [5, 5.41) is 1.03. The smallest absolute Gasteiger partial charge is 0.352 e. The lowest BCUT2D eigenvalue weighted by Crippen LogP contribution is -2.47. The van der Waals surface area contributed by atoms with Crippen LogP contribution >= 0.6 is 23.2 Å². The maximum atomic E-state index is 15.8. The molecule has 2 unspecified atom stereocenters. The number of benzene rings is 2. The van der Waals surface area contributed by atoms with E-state index in [0.717, 1.165) is 12.5 Å². The number of halogens is 3. The molecule has 0 spiro atoms. The van der Waals surface area contributed by atoms with Crippen LogP contribution in [0.1, 0.15) is 30.9 Å². The molecule has 0 fully saturated rings. The van der Waals surface area contributed by atoms with Crippen molar-refractivity contribution in [3.63, 3.8) is 0 Å². The normalized spacial score (nSPS) is 14.6. The third-order valence-corrected chi connectivity index (χ3v) is 4.60. The van der Waals surface area contributed by atoms with Crippen LogP contribution < -0.4 is 0 Å². The third-order valence-electron chi connectivity index (χ3n) is 4.09. The Hall–Kier alpha value is -2.17. The van der Waals surface area contributed by atoms with E-state index < -0.39 is 23.3 Å². The lowest BCUT2D eigenvalue weighted by atomic mass is 9.80. The first-order chi connectivity index (χ1) is 12.8. The molecule has 0 saturated heterocycles. The zero-order valence-electron chi connectivity index (χ0n) is 14.9. The molecular weight excluding hydrogens is 390 g/mol. The van der Waals surface area contributed by atoms with Crippen LogP contribution in [0.15, 0.2) is 54.6 Å². The second kappa shape index (κ2) is 9.16. The van der Waals surface area contributed by atoms with Crippen molar-refractivity contribution in [3.8, 4) is 0 Å². The zero-order valence-corrected chi connectivity index (χ0v) is 16.4. The largest absolute Gasteiger partial charge is 0.463 e. The van der Waals surface area contributed by atoms with Gasteiger partial charge in [-0.05, 0) is 49.2 Å². The van der Waals surface area contributed by atoms with Gasteiger partial charge in [-0.15, -0.1) is 0 Å². The average Bonchev–Trinajstić information content (AvgIpc) is 2.64. The maximum absolute atomic E-state index is 15.8. The van der Waals surface area contributed by atoms with Gasteiger partial charge in [-0.25, -0.2) is 9.18 Å². The van der Waals surface area contributed by atoms with Crippen LogP contribution in [0.5, 0.6) is 0 Å². The fraction of sp³-hybridized carbons (Fsp3) is 0.238. The van der Waals surface area contributed by atoms with Crippen LogP contribution in [-0.4, -0.2) is 24.0 Å². The maximum Gasteiger partial charge on any atom is 0.352 e. The highest BCUT2D eigenvalue weighted by molar-refractivity contribution is 6.30. The summed E-state index contributed by atoms with van der Waals surface area (Å²) in [7, 11) is 0. The predicted octanol–water partition coefficient (Wildman–Crippen LogP) is 5.65. The summed E-state index contributed by atoms with van der Waals surface area (Å²) < 4.78 is 20.6. The number of allylic oxidation sites excluding steroid dienone is 1. The number of hydrogen-bond donors (Lipinski definition) is 0. The van der Waals surface area contributed by atoms with E-state index >= 15 is 4.39 Å². The van der Waals surface area contributed by atoms with Gasteiger partial charge in [-0.3, -0.25) is 4.79 Å². The molecule has 2 atom stereocenters. The lowest BCUT2D eigenvalue weighted by molar-refractivity contribution is -0.162. The van der Waals surface area contributed by atoms with Gasteiger partial charge in [0.1, 0.15) is 0 Å². The minimum Gasteiger partial charge on any atom is -0.463 e. The standard InChI is InChI=1S/C21H19Cl2FO3/c1-3-27-20(26)21(24,14(2)25)19(16-7-11-18(23)12-8-16)13-6-15-4-9-17(22)10-5-15/h4-13,19H,3H2,1-2H3/b13-6+. The molecule has 142 valence electrons. The number of hydrogen-bond acceptors (Lipinski definition) is 3. The Labute approximate surface area is 167 Å². The molecule has 0 bridgehead atoms. The number of Topliss-reactive ketones (excluding diaryl/α,β-unsaturated/α-hetero) is 1. The van der Waals surface area contributed by atoms with Crippen LogP contribution in [0.25, 0.3) is 6.08 Å². The van der Waals surface area contributed by atoms with Crippen LogP contribution in [-0.2, 0) is 14.3 Å². The summed E-state index contributed by atoms with van der Waals surface area (Å²) in [4.78, 5) is 24.5. The van der Waals surface area contributed by atoms with Gasteiger partial charge in [-0.2, -0.15) is 0 Å². The molecule has 0 radical (unpaired) electrons. The molecule has 0 aromatic heterocycles. The Balaban J connectivity index is 2.53. The molecule has 0 aliphatic rings. The summed E-state index contributed by atoms with van der Waals surface area (Å²) in [6.45, 7) is 2.56. The number of ether oxygens (including phenoxy) is 1. The first-order valence-corrected chi connectivity index (χ1v) is 9.11. The molecular formula is C21H19Cl2FO3. The van der Waals surface area contributed by atoms with Crippen molar-refractivity contribution in [1.82, 2.24) is 0 Å². The van der Waals surface area contributed by atoms with Gasteiger partial charge in [0.2, 0.25) is 0 Å². The van der Waals surface area contributed by atoms with Gasteiger partial charge in [0.05, 0.1) is 12.5 Å². The van der Waals surface area contributed by atoms with Gasteiger partial charge in [-0.1, -0.05) is 59.6 Å². The quantitative estimate of drug-likeness (QED) is 0.438. The number of rotatable bonds is 7. The topological polar surface area (TPSA) is 43.4 Å². The lowest BCUT2D eigenvalue weighted by Gasteiger charge is -2.28. The second-order valence-electron chi connectivity index (χ2n) is 5.93. The summed E-state index contributed by atoms with van der Waals surface area (Å²) in [6, 6.07) is 13.2. The van der Waals surface area contributed by atoms with Crippen molar-refractivity contribution >= 4 is 41.0 Å². The minimum absolute atomic E-state index is 0.0357. The van der Waals surface area contributed by atoms with E-state index in [1.807, 2.05) is 0 Å². The van der Waals surface area contributed by atoms with Crippen molar-refractivity contribution < 1.29 is 18.7 Å². The van der Waals surface area contributed by atoms with E-state index in [1.165, 1.54) is 6.08 Å². The van der Waals surface area contributed by atoms with E-state index in [4.69, 9.17) is 27.9 Å². The summed E-state index contributed by atoms with van der Waals surface area (Å²) in [5.74, 6) is -3.32. The number of esters is 1. The van der Waals surface area contributed by atoms with Crippen molar-refractivity contribution in [3.05, 3.63) is 75.8 Å². The number of carbonyl (C=O) groups is 2. The monoisotopic (exact) mass is 408 g/mol. The van der Waals surface area contributed by atoms with E-state index in [2.05, 4.69) is 0 Å². The van der Waals surface area contributed by atoms with E-state index in [0.29, 0.717) is 15.6 Å². The third kappa shape index (κ3) is 4.96. The van der Waals surface area contributed by atoms with Gasteiger partial charge in [0, 0.05) is 10.0 Å². The molecule has 0 saturated carbocycles. The Kier molecular flexibility index (Phi) is 7.17. The van der Waals surface area contributed by atoms with E-state index in [9.17, 15) is 9.59 Å². The van der Waals surface area contributed by atoms with Crippen LogP contribution in [0, 0.1) is 0 Å². The fourth-order valence-electron chi connectivity index (χ4n) is 2.65. The minimum atomic E-state index is -2.85. The molecule has 0 N–H and O–H groups in total. The number of alkyl halides is 1. The highest BCUT2D eigenvalue weighted by Gasteiger charge is 2.52. The van der Waals surface area contributed by atoms with E-state index in [1.54, 1.807) is 61.5 Å². The Morgan fingerprint density at radius 1 is 1.07 bits per heavy atom. The molecule has 0 aliphatic heterocycles. The molecule has 6 heteroatoms. The van der Waals surface area contributed by atoms with Crippen molar-refractivity contribution in [1.29, 1.82) is 0 Å². The Morgan fingerprint density at radius 3 is 2.07 bits per heavy atom. The first-order valence-electron chi connectivity index (χ1n) is 8.35. The molecule has 27 heavy (non-hydrogen) atoms. The average molecular weight is 409 g/mol.